The average Bonchev–Trinajstić information content (AvgIpc) is 2.33. The van der Waals surface area contributed by atoms with Crippen LogP contribution >= 0.6 is 0 Å². The van der Waals surface area contributed by atoms with E-state index in [1.54, 1.807) is 0 Å². The molecule has 0 saturated heterocycles. The summed E-state index contributed by atoms with van der Waals surface area (Å²) >= 11 is 0. The normalized spacial score (nSPS) is 17.1. The lowest BCUT2D eigenvalue weighted by molar-refractivity contribution is -0.0202. The van der Waals surface area contributed by atoms with Crippen LogP contribution in [0.5, 0.6) is 5.75 Å². The van der Waals surface area contributed by atoms with Crippen molar-refractivity contribution in [1.29, 1.82) is 0 Å². The van der Waals surface area contributed by atoms with Crippen LogP contribution in [-0.2, 0) is 0 Å². The number of ether oxygens (including phenoxy) is 1. The zero-order chi connectivity index (χ0) is 12.3. The number of aliphatic hydroxyl groups is 1. The van der Waals surface area contributed by atoms with Gasteiger partial charge in [0.25, 0.3) is 0 Å². The number of rotatable bonds is 5. The Hall–Kier alpha value is -1.60. The largest absolute Gasteiger partial charge is 0.490 e. The van der Waals surface area contributed by atoms with Gasteiger partial charge in [-0.15, -0.1) is 0 Å². The van der Waals surface area contributed by atoms with E-state index in [1.807, 2.05) is 0 Å². The third-order valence-corrected chi connectivity index (χ3v) is 3.01. The maximum atomic E-state index is 9.97. The average molecular weight is 239 g/mol. The molecule has 7 nitrogen and oxygen atoms in total. The lowest BCUT2D eigenvalue weighted by Gasteiger charge is -2.36. The molecule has 7 heteroatoms. The van der Waals surface area contributed by atoms with Crippen molar-refractivity contribution in [2.45, 2.75) is 24.9 Å². The summed E-state index contributed by atoms with van der Waals surface area (Å²) in [6, 6.07) is 0. The summed E-state index contributed by atoms with van der Waals surface area (Å²) in [5.41, 5.74) is 1.81. The number of aromatic nitrogens is 2. The van der Waals surface area contributed by atoms with Crippen molar-refractivity contribution in [2.75, 3.05) is 24.4 Å². The fraction of sp³-hybridized carbons (Fsp3) is 0.600. The van der Waals surface area contributed by atoms with E-state index in [1.165, 1.54) is 13.4 Å². The van der Waals surface area contributed by atoms with Gasteiger partial charge in [0.05, 0.1) is 12.7 Å². The molecular formula is C10H17N5O2. The van der Waals surface area contributed by atoms with Gasteiger partial charge >= 0.3 is 0 Å². The molecule has 1 fully saturated rings. The Balaban J connectivity index is 2.09. The molecule has 1 aliphatic carbocycles. The number of nitrogen functional groups attached to an aromatic ring is 1. The Kier molecular flexibility index (Phi) is 3.30. The van der Waals surface area contributed by atoms with Crippen molar-refractivity contribution in [3.05, 3.63) is 6.33 Å². The molecule has 0 amide bonds. The van der Waals surface area contributed by atoms with E-state index in [2.05, 4.69) is 20.7 Å². The minimum atomic E-state index is -0.619. The standard InChI is InChI=1S/C10H17N5O2/c1-17-7-8(13-6-14-9(7)15-11)12-5-10(16)3-2-4-10/h6,16H,2-5,11H2,1H3,(H2,12,13,14,15). The molecule has 0 aromatic carbocycles. The smallest absolute Gasteiger partial charge is 0.205 e. The quantitative estimate of drug-likeness (QED) is 0.426. The van der Waals surface area contributed by atoms with Gasteiger partial charge in [0, 0.05) is 6.54 Å². The van der Waals surface area contributed by atoms with Crippen molar-refractivity contribution in [1.82, 2.24) is 9.97 Å². The highest BCUT2D eigenvalue weighted by molar-refractivity contribution is 5.63. The molecule has 1 heterocycles. The lowest BCUT2D eigenvalue weighted by atomic mass is 9.80. The summed E-state index contributed by atoms with van der Waals surface area (Å²) in [6.45, 7) is 0.449. The summed E-state index contributed by atoms with van der Waals surface area (Å²) in [4.78, 5) is 8.00. The highest BCUT2D eigenvalue weighted by Gasteiger charge is 2.34. The molecule has 0 aliphatic heterocycles. The van der Waals surface area contributed by atoms with Crippen molar-refractivity contribution >= 4 is 11.6 Å². The number of anilines is 2. The Morgan fingerprint density at radius 1 is 1.47 bits per heavy atom. The van der Waals surface area contributed by atoms with Crippen LogP contribution in [0.4, 0.5) is 11.6 Å². The number of nitrogens with two attached hydrogens (primary N) is 1. The van der Waals surface area contributed by atoms with Gasteiger partial charge in [0.2, 0.25) is 5.75 Å². The van der Waals surface area contributed by atoms with Crippen molar-refractivity contribution in [3.8, 4) is 5.75 Å². The third-order valence-electron chi connectivity index (χ3n) is 3.01. The van der Waals surface area contributed by atoms with Gasteiger partial charge in [-0.25, -0.2) is 15.8 Å². The molecule has 0 radical (unpaired) electrons. The van der Waals surface area contributed by atoms with E-state index in [4.69, 9.17) is 10.6 Å². The highest BCUT2D eigenvalue weighted by atomic mass is 16.5. The molecule has 0 spiro atoms. The second-order valence-corrected chi connectivity index (χ2v) is 4.18. The van der Waals surface area contributed by atoms with Gasteiger partial charge in [-0.3, -0.25) is 0 Å². The Morgan fingerprint density at radius 3 is 2.71 bits per heavy atom. The number of hydrogen-bond acceptors (Lipinski definition) is 7. The molecular weight excluding hydrogens is 222 g/mol. The first kappa shape index (κ1) is 11.9. The van der Waals surface area contributed by atoms with Crippen LogP contribution in [0, 0.1) is 0 Å². The van der Waals surface area contributed by atoms with Crippen LogP contribution in [0.1, 0.15) is 19.3 Å². The summed E-state index contributed by atoms with van der Waals surface area (Å²) < 4.78 is 5.17. The van der Waals surface area contributed by atoms with Gasteiger partial charge in [-0.1, -0.05) is 0 Å². The molecule has 1 aromatic heterocycles. The summed E-state index contributed by atoms with van der Waals surface area (Å²) in [7, 11) is 1.52. The highest BCUT2D eigenvalue weighted by Crippen LogP contribution is 2.33. The van der Waals surface area contributed by atoms with E-state index in [0.29, 0.717) is 23.9 Å². The van der Waals surface area contributed by atoms with E-state index in [9.17, 15) is 5.11 Å². The van der Waals surface area contributed by atoms with Crippen molar-refractivity contribution in [2.24, 2.45) is 5.84 Å². The maximum Gasteiger partial charge on any atom is 0.205 e. The van der Waals surface area contributed by atoms with Crippen molar-refractivity contribution in [3.63, 3.8) is 0 Å². The molecule has 0 bridgehead atoms. The predicted molar refractivity (Wildman–Crippen MR) is 63.7 cm³/mol. The minimum Gasteiger partial charge on any atom is -0.490 e. The topological polar surface area (TPSA) is 105 Å². The Bertz CT molecular complexity index is 394. The first-order chi connectivity index (χ1) is 8.18. The zero-order valence-corrected chi connectivity index (χ0v) is 9.73. The minimum absolute atomic E-state index is 0.408. The summed E-state index contributed by atoms with van der Waals surface area (Å²) in [5.74, 6) is 6.69. The molecule has 1 saturated carbocycles. The number of hydrazine groups is 1. The van der Waals surface area contributed by atoms with E-state index >= 15 is 0 Å². The van der Waals surface area contributed by atoms with Crippen LogP contribution < -0.4 is 21.3 Å². The Labute approximate surface area is 99.4 Å². The van der Waals surface area contributed by atoms with Gasteiger partial charge in [-0.2, -0.15) is 0 Å². The van der Waals surface area contributed by atoms with Crippen LogP contribution in [0.15, 0.2) is 6.33 Å². The van der Waals surface area contributed by atoms with Crippen LogP contribution in [0.25, 0.3) is 0 Å². The maximum absolute atomic E-state index is 9.97. The lowest BCUT2D eigenvalue weighted by Crippen LogP contribution is -2.43. The van der Waals surface area contributed by atoms with Gasteiger partial charge in [0.15, 0.2) is 11.6 Å². The molecule has 94 valence electrons. The third kappa shape index (κ3) is 2.40. The van der Waals surface area contributed by atoms with Crippen LogP contribution in [0.3, 0.4) is 0 Å². The monoisotopic (exact) mass is 239 g/mol. The van der Waals surface area contributed by atoms with E-state index in [-0.39, 0.29) is 0 Å². The number of hydrogen-bond donors (Lipinski definition) is 4. The molecule has 0 unspecified atom stereocenters. The SMILES string of the molecule is COc1c(NN)ncnc1NCC1(O)CCC1. The first-order valence-electron chi connectivity index (χ1n) is 5.50. The Morgan fingerprint density at radius 2 is 2.18 bits per heavy atom. The van der Waals surface area contributed by atoms with Gasteiger partial charge in [0.1, 0.15) is 6.33 Å². The van der Waals surface area contributed by atoms with Crippen LogP contribution in [-0.4, -0.2) is 34.3 Å². The van der Waals surface area contributed by atoms with E-state index in [0.717, 1.165) is 19.3 Å². The molecule has 17 heavy (non-hydrogen) atoms. The molecule has 0 atom stereocenters. The fourth-order valence-corrected chi connectivity index (χ4v) is 1.81. The molecule has 5 N–H and O–H groups in total. The molecule has 1 aromatic rings. The van der Waals surface area contributed by atoms with Gasteiger partial charge in [-0.05, 0) is 19.3 Å². The van der Waals surface area contributed by atoms with Crippen LogP contribution in [0.2, 0.25) is 0 Å². The van der Waals surface area contributed by atoms with Crippen molar-refractivity contribution < 1.29 is 9.84 Å². The fourth-order valence-electron chi connectivity index (χ4n) is 1.81. The number of nitrogens with zero attached hydrogens (tertiary/aromatic N) is 2. The first-order valence-corrected chi connectivity index (χ1v) is 5.50. The van der Waals surface area contributed by atoms with Gasteiger partial charge < -0.3 is 20.6 Å². The summed E-state index contributed by atoms with van der Waals surface area (Å²) in [6.07, 6.45) is 4.07. The number of methoxy groups -OCH3 is 1. The molecule has 2 rings (SSSR count). The van der Waals surface area contributed by atoms with E-state index < -0.39 is 5.60 Å². The molecule has 1 aliphatic rings. The zero-order valence-electron chi connectivity index (χ0n) is 9.73. The second-order valence-electron chi connectivity index (χ2n) is 4.18. The summed E-state index contributed by atoms with van der Waals surface area (Å²) in [5, 5.41) is 13.0. The number of nitrogens with one attached hydrogen (secondary N) is 2. The second kappa shape index (κ2) is 4.72. The predicted octanol–water partition coefficient (Wildman–Crippen LogP) is 0.0977.